The van der Waals surface area contributed by atoms with Crippen molar-refractivity contribution < 1.29 is 23.1 Å². The summed E-state index contributed by atoms with van der Waals surface area (Å²) >= 11 is 8.88. The summed E-state index contributed by atoms with van der Waals surface area (Å²) in [5.41, 5.74) is -1.63. The zero-order valence-corrected chi connectivity index (χ0v) is 18.7. The topological polar surface area (TPSA) is 66.0 Å². The molecule has 1 N–H and O–H groups in total. The van der Waals surface area contributed by atoms with E-state index >= 15 is 0 Å². The number of rotatable bonds is 5. The number of benzene rings is 2. The van der Waals surface area contributed by atoms with Crippen molar-refractivity contribution in [1.29, 1.82) is 5.26 Å². The number of alkyl halides is 3. The Balaban J connectivity index is 1.92. The number of halogens is 5. The van der Waals surface area contributed by atoms with E-state index < -0.39 is 40.2 Å². The summed E-state index contributed by atoms with van der Waals surface area (Å²) in [7, 11) is 0. The molecule has 4 nitrogen and oxygen atoms in total. The molecule has 1 aliphatic carbocycles. The van der Waals surface area contributed by atoms with E-state index in [1.165, 1.54) is 24.3 Å². The van der Waals surface area contributed by atoms with Crippen LogP contribution in [0.25, 0.3) is 11.3 Å². The zero-order chi connectivity index (χ0) is 23.3. The highest BCUT2D eigenvalue weighted by Gasteiger charge is 2.62. The number of carboxylic acid groups (broad SMARTS) is 1. The van der Waals surface area contributed by atoms with Crippen LogP contribution in [0, 0.1) is 16.7 Å². The van der Waals surface area contributed by atoms with Crippen molar-refractivity contribution in [1.82, 2.24) is 4.57 Å². The van der Waals surface area contributed by atoms with Crippen LogP contribution in [0.15, 0.2) is 59.1 Å². The largest absolute Gasteiger partial charge is 0.481 e. The fourth-order valence-electron chi connectivity index (χ4n) is 4.22. The minimum absolute atomic E-state index is 0.00250. The third-order valence-corrected chi connectivity index (χ3v) is 6.87. The van der Waals surface area contributed by atoms with Crippen molar-refractivity contribution in [3.05, 3.63) is 80.9 Å². The average molecular weight is 524 g/mol. The lowest BCUT2D eigenvalue weighted by atomic mass is 9.98. The van der Waals surface area contributed by atoms with Gasteiger partial charge in [0.05, 0.1) is 21.1 Å². The molecule has 0 amide bonds. The first-order chi connectivity index (χ1) is 15.1. The molecular formula is C23H15BrClF3N2O2. The molecule has 1 aromatic heterocycles. The Bertz CT molecular complexity index is 1230. The molecule has 9 heteroatoms. The summed E-state index contributed by atoms with van der Waals surface area (Å²) in [5, 5.41) is 20.1. The number of nitriles is 1. The molecule has 1 heterocycles. The smallest absolute Gasteiger partial charge is 0.432 e. The number of aromatic nitrogens is 1. The Morgan fingerprint density at radius 2 is 1.84 bits per heavy atom. The van der Waals surface area contributed by atoms with Crippen LogP contribution in [-0.4, -0.2) is 15.6 Å². The standard InChI is InChI=1S/C23H15BrClF3N2O2/c24-18-16(11-29)19(14-6-8-15(25)9-7-14)30(20(18)23(26,27)28)12-22(21(31)32)10-17(22)13-4-2-1-3-5-13/h1-9,17H,10,12H2,(H,31,32). The van der Waals surface area contributed by atoms with Gasteiger partial charge in [0.1, 0.15) is 11.8 Å². The highest BCUT2D eigenvalue weighted by molar-refractivity contribution is 9.10. The van der Waals surface area contributed by atoms with Gasteiger partial charge in [-0.1, -0.05) is 54.1 Å². The molecule has 1 saturated carbocycles. The summed E-state index contributed by atoms with van der Waals surface area (Å²) in [6.45, 7) is -0.436. The quantitative estimate of drug-likeness (QED) is 0.404. The Kier molecular flexibility index (Phi) is 5.60. The molecule has 4 rings (SSSR count). The Morgan fingerprint density at radius 3 is 2.38 bits per heavy atom. The molecule has 2 aromatic carbocycles. The van der Waals surface area contributed by atoms with Crippen molar-refractivity contribution in [3.8, 4) is 17.3 Å². The van der Waals surface area contributed by atoms with Crippen molar-refractivity contribution in [2.75, 3.05) is 0 Å². The maximum absolute atomic E-state index is 14.1. The first-order valence-corrected chi connectivity index (χ1v) is 10.7. The number of hydrogen-bond donors (Lipinski definition) is 1. The highest BCUT2D eigenvalue weighted by atomic mass is 79.9. The van der Waals surface area contributed by atoms with Crippen LogP contribution in [-0.2, 0) is 17.5 Å². The van der Waals surface area contributed by atoms with Crippen LogP contribution in [0.1, 0.15) is 29.2 Å². The van der Waals surface area contributed by atoms with E-state index in [1.807, 2.05) is 6.07 Å². The molecule has 2 unspecified atom stereocenters. The lowest BCUT2D eigenvalue weighted by Gasteiger charge is -2.21. The number of carboxylic acids is 1. The van der Waals surface area contributed by atoms with Gasteiger partial charge in [0.25, 0.3) is 0 Å². The molecule has 0 bridgehead atoms. The number of carbonyl (C=O) groups is 1. The second kappa shape index (κ2) is 7.98. The molecule has 2 atom stereocenters. The van der Waals surface area contributed by atoms with Crippen LogP contribution in [0.2, 0.25) is 5.02 Å². The van der Waals surface area contributed by atoms with Crippen molar-refractivity contribution >= 4 is 33.5 Å². The monoisotopic (exact) mass is 522 g/mol. The highest BCUT2D eigenvalue weighted by Crippen LogP contribution is 2.61. The second-order valence-corrected chi connectivity index (χ2v) is 8.95. The summed E-state index contributed by atoms with van der Waals surface area (Å²) in [6.07, 6.45) is -4.62. The number of aliphatic carboxylic acids is 1. The van der Waals surface area contributed by atoms with E-state index in [9.17, 15) is 28.3 Å². The summed E-state index contributed by atoms with van der Waals surface area (Å²) in [5.74, 6) is -1.61. The van der Waals surface area contributed by atoms with Gasteiger partial charge in [-0.2, -0.15) is 18.4 Å². The van der Waals surface area contributed by atoms with E-state index in [0.717, 1.165) is 10.1 Å². The minimum Gasteiger partial charge on any atom is -0.481 e. The maximum Gasteiger partial charge on any atom is 0.432 e. The third kappa shape index (κ3) is 3.70. The van der Waals surface area contributed by atoms with Crippen molar-refractivity contribution in [2.24, 2.45) is 5.41 Å². The van der Waals surface area contributed by atoms with Gasteiger partial charge in [-0.25, -0.2) is 0 Å². The van der Waals surface area contributed by atoms with E-state index in [-0.39, 0.29) is 17.7 Å². The number of nitrogens with zero attached hydrogens (tertiary/aromatic N) is 2. The van der Waals surface area contributed by atoms with E-state index in [0.29, 0.717) is 10.6 Å². The SMILES string of the molecule is N#Cc1c(Br)c(C(F)(F)F)n(CC2(C(=O)O)CC2c2ccccc2)c1-c1ccc(Cl)cc1. The fourth-order valence-corrected chi connectivity index (χ4v) is 5.06. The van der Waals surface area contributed by atoms with Gasteiger partial charge < -0.3 is 9.67 Å². The van der Waals surface area contributed by atoms with Gasteiger partial charge in [0.2, 0.25) is 0 Å². The van der Waals surface area contributed by atoms with Crippen LogP contribution >= 0.6 is 27.5 Å². The van der Waals surface area contributed by atoms with Crippen LogP contribution in [0.4, 0.5) is 13.2 Å². The molecule has 32 heavy (non-hydrogen) atoms. The minimum atomic E-state index is -4.81. The number of hydrogen-bond acceptors (Lipinski definition) is 2. The van der Waals surface area contributed by atoms with Gasteiger partial charge in [0, 0.05) is 17.5 Å². The lowest BCUT2D eigenvalue weighted by molar-refractivity contribution is -0.149. The molecule has 3 aromatic rings. The molecular weight excluding hydrogens is 509 g/mol. The maximum atomic E-state index is 14.1. The van der Waals surface area contributed by atoms with Gasteiger partial charge in [-0.15, -0.1) is 0 Å². The summed E-state index contributed by atoms with van der Waals surface area (Å²) < 4.78 is 42.8. The fraction of sp³-hybridized carbons (Fsp3) is 0.217. The molecule has 1 fully saturated rings. The predicted octanol–water partition coefficient (Wildman–Crippen LogP) is 6.72. The van der Waals surface area contributed by atoms with Gasteiger partial charge >= 0.3 is 12.1 Å². The predicted molar refractivity (Wildman–Crippen MR) is 116 cm³/mol. The van der Waals surface area contributed by atoms with E-state index in [4.69, 9.17) is 11.6 Å². The van der Waals surface area contributed by atoms with Crippen LogP contribution < -0.4 is 0 Å². The lowest BCUT2D eigenvalue weighted by Crippen LogP contribution is -2.27. The van der Waals surface area contributed by atoms with Crippen molar-refractivity contribution in [3.63, 3.8) is 0 Å². The van der Waals surface area contributed by atoms with Gasteiger partial charge in [-0.3, -0.25) is 4.79 Å². The Hall–Kier alpha value is -2.76. The molecule has 0 saturated heterocycles. The van der Waals surface area contributed by atoms with Crippen molar-refractivity contribution in [2.45, 2.75) is 25.1 Å². The first kappa shape index (κ1) is 22.4. The van der Waals surface area contributed by atoms with E-state index in [1.54, 1.807) is 30.3 Å². The normalized spacial score (nSPS) is 20.1. The first-order valence-electron chi connectivity index (χ1n) is 9.53. The van der Waals surface area contributed by atoms with Gasteiger partial charge in [0.15, 0.2) is 0 Å². The zero-order valence-electron chi connectivity index (χ0n) is 16.3. The second-order valence-electron chi connectivity index (χ2n) is 7.72. The molecule has 0 aliphatic heterocycles. The Labute approximate surface area is 195 Å². The van der Waals surface area contributed by atoms with Gasteiger partial charge in [-0.05, 0) is 45.6 Å². The molecule has 1 aliphatic rings. The molecule has 0 radical (unpaired) electrons. The van der Waals surface area contributed by atoms with Crippen LogP contribution in [0.3, 0.4) is 0 Å². The third-order valence-electron chi connectivity index (χ3n) is 5.85. The molecule has 0 spiro atoms. The van der Waals surface area contributed by atoms with Crippen LogP contribution in [0.5, 0.6) is 0 Å². The van der Waals surface area contributed by atoms with E-state index in [2.05, 4.69) is 15.9 Å². The molecule has 164 valence electrons. The average Bonchev–Trinajstić information content (AvgIpc) is 3.40. The summed E-state index contributed by atoms with van der Waals surface area (Å²) in [6, 6.07) is 16.7. The Morgan fingerprint density at radius 1 is 1.22 bits per heavy atom. The summed E-state index contributed by atoms with van der Waals surface area (Å²) in [4.78, 5) is 12.3.